The molecule has 1 aromatic rings. The van der Waals surface area contributed by atoms with Crippen LogP contribution >= 0.6 is 8.81 Å². The van der Waals surface area contributed by atoms with E-state index in [-0.39, 0.29) is 26.3 Å². The minimum absolute atomic E-state index is 0.0478. The largest absolute Gasteiger partial charge is 0.448 e. The first-order chi connectivity index (χ1) is 11.1. The Morgan fingerprint density at radius 3 is 1.67 bits per heavy atom. The Labute approximate surface area is 147 Å². The van der Waals surface area contributed by atoms with Crippen molar-refractivity contribution in [2.45, 2.75) is 48.5 Å². The van der Waals surface area contributed by atoms with Crippen LogP contribution in [0.5, 0.6) is 0 Å². The van der Waals surface area contributed by atoms with Crippen molar-refractivity contribution in [2.24, 2.45) is 10.8 Å². The van der Waals surface area contributed by atoms with Gasteiger partial charge in [-0.15, -0.1) is 0 Å². The lowest BCUT2D eigenvalue weighted by Gasteiger charge is -2.37. The lowest BCUT2D eigenvalue weighted by Crippen LogP contribution is -2.45. The number of carbonyl (C=O) groups excluding carboxylic acids is 3. The molecular formula is C19H29O4P. The van der Waals surface area contributed by atoms with Gasteiger partial charge in [0.05, 0.1) is 14.2 Å². The molecule has 0 aliphatic carbocycles. The van der Waals surface area contributed by atoms with Crippen LogP contribution in [0.15, 0.2) is 24.3 Å². The molecule has 1 atom stereocenters. The summed E-state index contributed by atoms with van der Waals surface area (Å²) in [5.74, 6) is -0.581. The minimum atomic E-state index is -0.952. The van der Waals surface area contributed by atoms with E-state index < -0.39 is 10.8 Å². The lowest BCUT2D eigenvalue weighted by molar-refractivity contribution is -0.147. The Morgan fingerprint density at radius 1 is 0.875 bits per heavy atom. The molecule has 0 N–H and O–H groups in total. The molecule has 0 spiro atoms. The van der Waals surface area contributed by atoms with Gasteiger partial charge >= 0.3 is 5.97 Å². The van der Waals surface area contributed by atoms with Crippen LogP contribution in [0.4, 0.5) is 0 Å². The molecule has 0 aromatic heterocycles. The highest BCUT2D eigenvalue weighted by Crippen LogP contribution is 2.43. The zero-order valence-corrected chi connectivity index (χ0v) is 16.9. The third-order valence-electron chi connectivity index (χ3n) is 4.39. The van der Waals surface area contributed by atoms with Crippen LogP contribution in [0.1, 0.15) is 69.2 Å². The highest BCUT2D eigenvalue weighted by atomic mass is 31.1. The first-order valence-electron chi connectivity index (χ1n) is 8.09. The molecule has 4 nitrogen and oxygen atoms in total. The highest BCUT2D eigenvalue weighted by Gasteiger charge is 2.49. The topological polar surface area (TPSA) is 60.4 Å². The third kappa shape index (κ3) is 4.73. The molecule has 0 aliphatic rings. The van der Waals surface area contributed by atoms with E-state index in [4.69, 9.17) is 4.52 Å². The summed E-state index contributed by atoms with van der Waals surface area (Å²) in [5, 5.41) is 0. The van der Waals surface area contributed by atoms with E-state index in [2.05, 4.69) is 0 Å². The molecule has 134 valence electrons. The quantitative estimate of drug-likeness (QED) is 0.539. The summed E-state index contributed by atoms with van der Waals surface area (Å²) in [6.45, 7) is 14.2. The molecule has 5 heteroatoms. The van der Waals surface area contributed by atoms with E-state index >= 15 is 0 Å². The van der Waals surface area contributed by atoms with Gasteiger partial charge in [-0.2, -0.15) is 0 Å². The van der Waals surface area contributed by atoms with Crippen LogP contribution < -0.4 is 0 Å². The lowest BCUT2D eigenvalue weighted by atomic mass is 9.64. The van der Waals surface area contributed by atoms with Gasteiger partial charge in [0.1, 0.15) is 0 Å². The fraction of sp³-hybridized carbons (Fsp3) is 0.526. The second-order valence-electron chi connectivity index (χ2n) is 6.31. The van der Waals surface area contributed by atoms with Gasteiger partial charge < -0.3 is 4.52 Å². The number of hydrogen-bond acceptors (Lipinski definition) is 4. The number of hydrogen-bond donors (Lipinski definition) is 0. The van der Waals surface area contributed by atoms with E-state index in [0.29, 0.717) is 11.1 Å². The monoisotopic (exact) mass is 352 g/mol. The second kappa shape index (κ2) is 9.08. The Bertz CT molecular complexity index is 586. The van der Waals surface area contributed by atoms with Crippen molar-refractivity contribution in [3.63, 3.8) is 0 Å². The van der Waals surface area contributed by atoms with Gasteiger partial charge in [0.2, 0.25) is 0 Å². The Balaban J connectivity index is 0.00000254. The Kier molecular flexibility index (Phi) is 8.49. The number of carbonyl (C=O) groups is 3. The average molecular weight is 352 g/mol. The van der Waals surface area contributed by atoms with E-state index in [9.17, 15) is 14.4 Å². The van der Waals surface area contributed by atoms with Gasteiger partial charge in [-0.3, -0.25) is 14.4 Å². The van der Waals surface area contributed by atoms with Crippen molar-refractivity contribution >= 4 is 26.3 Å². The van der Waals surface area contributed by atoms with Gasteiger partial charge in [-0.1, -0.05) is 52.0 Å². The minimum Gasteiger partial charge on any atom is -0.448 e. The van der Waals surface area contributed by atoms with Gasteiger partial charge in [0.15, 0.2) is 11.6 Å². The number of Topliss-reactive ketones (excluding diaryl/α,β-unsaturated/α-hetero) is 2. The molecule has 1 unspecified atom stereocenters. The van der Waals surface area contributed by atoms with E-state index in [1.807, 2.05) is 13.8 Å². The van der Waals surface area contributed by atoms with Gasteiger partial charge in [-0.05, 0) is 27.4 Å². The first kappa shape index (κ1) is 22.5. The molecule has 0 heterocycles. The van der Waals surface area contributed by atoms with Crippen molar-refractivity contribution in [3.8, 4) is 0 Å². The normalized spacial score (nSPS) is 11.7. The smallest absolute Gasteiger partial charge is 0.314 e. The molecular weight excluding hydrogens is 323 g/mol. The van der Waals surface area contributed by atoms with Crippen LogP contribution in [0.3, 0.4) is 0 Å². The molecule has 24 heavy (non-hydrogen) atoms. The van der Waals surface area contributed by atoms with Crippen molar-refractivity contribution in [2.75, 3.05) is 6.66 Å². The van der Waals surface area contributed by atoms with Gasteiger partial charge in [0, 0.05) is 16.5 Å². The number of benzene rings is 1. The second-order valence-corrected chi connectivity index (χ2v) is 6.92. The first-order valence-corrected chi connectivity index (χ1v) is 9.50. The van der Waals surface area contributed by atoms with E-state index in [0.717, 1.165) is 0 Å². The van der Waals surface area contributed by atoms with Crippen molar-refractivity contribution in [1.29, 1.82) is 0 Å². The third-order valence-corrected chi connectivity index (χ3v) is 4.78. The zero-order valence-electron chi connectivity index (χ0n) is 15.9. The molecule has 0 fully saturated rings. The summed E-state index contributed by atoms with van der Waals surface area (Å²) in [5.41, 5.74) is -0.844. The molecule has 0 radical (unpaired) electrons. The maximum absolute atomic E-state index is 12.8. The molecule has 1 aromatic carbocycles. The van der Waals surface area contributed by atoms with Crippen LogP contribution in [-0.2, 0) is 9.32 Å². The van der Waals surface area contributed by atoms with Crippen LogP contribution in [0, 0.1) is 10.8 Å². The SMILES string of the molecule is CC.CPOC(=O)C(C)(C)C(C)(C)C(=O)c1ccc(C(C)=O)cc1. The fourth-order valence-corrected chi connectivity index (χ4v) is 2.42. The summed E-state index contributed by atoms with van der Waals surface area (Å²) < 4.78 is 5.12. The Morgan fingerprint density at radius 2 is 1.29 bits per heavy atom. The molecule has 0 aliphatic heterocycles. The maximum atomic E-state index is 12.8. The van der Waals surface area contributed by atoms with Crippen molar-refractivity contribution in [1.82, 2.24) is 0 Å². The van der Waals surface area contributed by atoms with E-state index in [1.54, 1.807) is 58.6 Å². The maximum Gasteiger partial charge on any atom is 0.314 e. The molecule has 0 bridgehead atoms. The Hall–Kier alpha value is -1.54. The molecule has 0 amide bonds. The standard InChI is InChI=1S/C17H23O4P.C2H6/c1-11(18)12-7-9-13(10-8-12)14(19)16(2,3)17(4,5)15(20)21-22-6;1-2/h7-10,22H,1-6H3;1-2H3. The van der Waals surface area contributed by atoms with Crippen molar-refractivity contribution in [3.05, 3.63) is 35.4 Å². The predicted octanol–water partition coefficient (Wildman–Crippen LogP) is 4.92. The summed E-state index contributed by atoms with van der Waals surface area (Å²) in [7, 11) is 0.0478. The highest BCUT2D eigenvalue weighted by molar-refractivity contribution is 7.31. The van der Waals surface area contributed by atoms with Crippen LogP contribution in [-0.4, -0.2) is 24.2 Å². The predicted molar refractivity (Wildman–Crippen MR) is 100 cm³/mol. The van der Waals surface area contributed by atoms with Gasteiger partial charge in [-0.25, -0.2) is 0 Å². The molecule has 0 saturated carbocycles. The fourth-order valence-electron chi connectivity index (χ4n) is 1.98. The molecule has 0 saturated heterocycles. The van der Waals surface area contributed by atoms with E-state index in [1.165, 1.54) is 6.92 Å². The molecule has 1 rings (SSSR count). The summed E-state index contributed by atoms with van der Waals surface area (Å²) in [4.78, 5) is 36.3. The number of rotatable bonds is 6. The van der Waals surface area contributed by atoms with Crippen molar-refractivity contribution < 1.29 is 18.9 Å². The average Bonchev–Trinajstić information content (AvgIpc) is 2.56. The van der Waals surface area contributed by atoms with Gasteiger partial charge in [0.25, 0.3) is 0 Å². The van der Waals surface area contributed by atoms with Crippen LogP contribution in [0.2, 0.25) is 0 Å². The number of ketones is 2. The van der Waals surface area contributed by atoms with Crippen LogP contribution in [0.25, 0.3) is 0 Å². The summed E-state index contributed by atoms with van der Waals surface area (Å²) in [6, 6.07) is 6.52. The zero-order chi connectivity index (χ0) is 19.1. The summed E-state index contributed by atoms with van der Waals surface area (Å²) in [6.07, 6.45) is 0. The summed E-state index contributed by atoms with van der Waals surface area (Å²) >= 11 is 0.